The molecule has 3 N–H and O–H groups in total. The predicted molar refractivity (Wildman–Crippen MR) is 85.7 cm³/mol. The van der Waals surface area contributed by atoms with Crippen LogP contribution in [0, 0.1) is 0 Å². The van der Waals surface area contributed by atoms with E-state index in [1.165, 1.54) is 0 Å². The van der Waals surface area contributed by atoms with Crippen LogP contribution in [0.15, 0.2) is 30.3 Å². The zero-order valence-corrected chi connectivity index (χ0v) is 13.1. The molecule has 1 aliphatic rings. The first-order valence-electron chi connectivity index (χ1n) is 8.00. The highest BCUT2D eigenvalue weighted by molar-refractivity contribution is 5.74. The molecule has 2 amide bonds. The second-order valence-electron chi connectivity index (χ2n) is 6.12. The number of hydrogen-bond donors (Lipinski definition) is 3. The minimum Gasteiger partial charge on any atom is -0.393 e. The third-order valence-corrected chi connectivity index (χ3v) is 4.08. The van der Waals surface area contributed by atoms with E-state index in [2.05, 4.69) is 5.32 Å². The summed E-state index contributed by atoms with van der Waals surface area (Å²) in [5.74, 6) is 0.0832. The van der Waals surface area contributed by atoms with Gasteiger partial charge in [0.15, 0.2) is 0 Å². The van der Waals surface area contributed by atoms with Gasteiger partial charge in [-0.2, -0.15) is 0 Å². The standard InChI is InChI=1S/C17H26N2O3/c1-13(20)10-15(14-6-3-2-4-7-14)11-18-17(22)19-9-5-8-16(21)12-19/h2-4,6-7,13,15-16,20-21H,5,8-12H2,1H3,(H,18,22). The number of benzene rings is 1. The molecule has 0 saturated carbocycles. The average Bonchev–Trinajstić information content (AvgIpc) is 2.51. The quantitative estimate of drug-likeness (QED) is 0.775. The molecule has 1 aromatic carbocycles. The maximum Gasteiger partial charge on any atom is 0.317 e. The topological polar surface area (TPSA) is 72.8 Å². The van der Waals surface area contributed by atoms with E-state index < -0.39 is 12.2 Å². The Labute approximate surface area is 131 Å². The molecule has 122 valence electrons. The van der Waals surface area contributed by atoms with Gasteiger partial charge in [-0.15, -0.1) is 0 Å². The summed E-state index contributed by atoms with van der Waals surface area (Å²) < 4.78 is 0. The maximum atomic E-state index is 12.2. The van der Waals surface area contributed by atoms with Crippen LogP contribution in [0.25, 0.3) is 0 Å². The van der Waals surface area contributed by atoms with Crippen LogP contribution in [-0.2, 0) is 0 Å². The van der Waals surface area contributed by atoms with Gasteiger partial charge in [-0.1, -0.05) is 30.3 Å². The first kappa shape index (κ1) is 16.8. The van der Waals surface area contributed by atoms with E-state index in [4.69, 9.17) is 0 Å². The number of aliphatic hydroxyl groups is 2. The Bertz CT molecular complexity index is 464. The highest BCUT2D eigenvalue weighted by Gasteiger charge is 2.23. The van der Waals surface area contributed by atoms with Crippen molar-refractivity contribution in [3.8, 4) is 0 Å². The smallest absolute Gasteiger partial charge is 0.317 e. The molecule has 3 atom stereocenters. The maximum absolute atomic E-state index is 12.2. The van der Waals surface area contributed by atoms with E-state index in [0.29, 0.717) is 26.1 Å². The van der Waals surface area contributed by atoms with Crippen molar-refractivity contribution in [1.29, 1.82) is 0 Å². The molecule has 1 fully saturated rings. The summed E-state index contributed by atoms with van der Waals surface area (Å²) in [5.41, 5.74) is 1.11. The fourth-order valence-corrected chi connectivity index (χ4v) is 2.94. The van der Waals surface area contributed by atoms with E-state index >= 15 is 0 Å². The molecule has 3 unspecified atom stereocenters. The minimum absolute atomic E-state index is 0.0832. The summed E-state index contributed by atoms with van der Waals surface area (Å²) in [5, 5.41) is 22.3. The first-order valence-corrected chi connectivity index (χ1v) is 8.00. The normalized spacial score (nSPS) is 21.2. The van der Waals surface area contributed by atoms with Crippen LogP contribution >= 0.6 is 0 Å². The van der Waals surface area contributed by atoms with Gasteiger partial charge in [0.05, 0.1) is 12.2 Å². The number of nitrogens with one attached hydrogen (secondary N) is 1. The fraction of sp³-hybridized carbons (Fsp3) is 0.588. The summed E-state index contributed by atoms with van der Waals surface area (Å²) in [7, 11) is 0. The molecular formula is C17H26N2O3. The summed E-state index contributed by atoms with van der Waals surface area (Å²) >= 11 is 0. The Hall–Kier alpha value is -1.59. The van der Waals surface area contributed by atoms with Gasteiger partial charge in [-0.05, 0) is 31.7 Å². The number of β-amino-alcohol motifs (C(OH)–C–C–N with tert-alkyl or cyclic N) is 1. The van der Waals surface area contributed by atoms with Crippen molar-refractivity contribution in [3.63, 3.8) is 0 Å². The Morgan fingerprint density at radius 1 is 1.41 bits per heavy atom. The van der Waals surface area contributed by atoms with Gasteiger partial charge in [0, 0.05) is 25.6 Å². The summed E-state index contributed by atoms with van der Waals surface area (Å²) in [6.07, 6.45) is 1.37. The molecule has 1 saturated heterocycles. The molecule has 5 heteroatoms. The number of likely N-dealkylation sites (tertiary alicyclic amines) is 1. The highest BCUT2D eigenvalue weighted by Crippen LogP contribution is 2.20. The molecule has 0 radical (unpaired) electrons. The van der Waals surface area contributed by atoms with E-state index in [1.807, 2.05) is 30.3 Å². The lowest BCUT2D eigenvalue weighted by molar-refractivity contribution is 0.0839. The van der Waals surface area contributed by atoms with Crippen molar-refractivity contribution < 1.29 is 15.0 Å². The second kappa shape index (κ2) is 8.15. The van der Waals surface area contributed by atoms with Crippen LogP contribution in [0.2, 0.25) is 0 Å². The van der Waals surface area contributed by atoms with Gasteiger partial charge in [0.2, 0.25) is 0 Å². The number of amides is 2. The lowest BCUT2D eigenvalue weighted by atomic mass is 9.93. The number of piperidine rings is 1. The zero-order chi connectivity index (χ0) is 15.9. The molecule has 1 heterocycles. The van der Waals surface area contributed by atoms with E-state index in [-0.39, 0.29) is 11.9 Å². The van der Waals surface area contributed by atoms with Crippen LogP contribution in [0.4, 0.5) is 4.79 Å². The summed E-state index contributed by atoms with van der Waals surface area (Å²) in [6, 6.07) is 9.79. The second-order valence-corrected chi connectivity index (χ2v) is 6.12. The van der Waals surface area contributed by atoms with Gasteiger partial charge < -0.3 is 20.4 Å². The van der Waals surface area contributed by atoms with Crippen LogP contribution in [0.3, 0.4) is 0 Å². The van der Waals surface area contributed by atoms with Crippen molar-refractivity contribution in [1.82, 2.24) is 10.2 Å². The summed E-state index contributed by atoms with van der Waals surface area (Å²) in [6.45, 7) is 3.34. The Morgan fingerprint density at radius 3 is 2.77 bits per heavy atom. The SMILES string of the molecule is CC(O)CC(CNC(=O)N1CCCC(O)C1)c1ccccc1. The van der Waals surface area contributed by atoms with Crippen LogP contribution in [-0.4, -0.2) is 53.0 Å². The minimum atomic E-state index is -0.418. The van der Waals surface area contributed by atoms with Gasteiger partial charge >= 0.3 is 6.03 Å². The van der Waals surface area contributed by atoms with Crippen molar-refractivity contribution in [2.75, 3.05) is 19.6 Å². The molecule has 2 rings (SSSR count). The van der Waals surface area contributed by atoms with E-state index in [1.54, 1.807) is 11.8 Å². The molecule has 22 heavy (non-hydrogen) atoms. The van der Waals surface area contributed by atoms with Gasteiger partial charge in [0.1, 0.15) is 0 Å². The molecule has 1 aromatic rings. The van der Waals surface area contributed by atoms with E-state index in [9.17, 15) is 15.0 Å². The number of carbonyl (C=O) groups excluding carboxylic acids is 1. The molecule has 0 spiro atoms. The van der Waals surface area contributed by atoms with Crippen molar-refractivity contribution >= 4 is 6.03 Å². The molecule has 1 aliphatic heterocycles. The Kier molecular flexibility index (Phi) is 6.21. The first-order chi connectivity index (χ1) is 10.6. The van der Waals surface area contributed by atoms with Crippen molar-refractivity contribution in [2.24, 2.45) is 0 Å². The fourth-order valence-electron chi connectivity index (χ4n) is 2.94. The number of aliphatic hydroxyl groups excluding tert-OH is 2. The van der Waals surface area contributed by atoms with Crippen molar-refractivity contribution in [2.45, 2.75) is 44.3 Å². The predicted octanol–water partition coefficient (Wildman–Crippen LogP) is 1.71. The average molecular weight is 306 g/mol. The largest absolute Gasteiger partial charge is 0.393 e. The third-order valence-electron chi connectivity index (χ3n) is 4.08. The molecule has 0 aromatic heterocycles. The number of nitrogens with zero attached hydrogens (tertiary/aromatic N) is 1. The van der Waals surface area contributed by atoms with Crippen LogP contribution in [0.5, 0.6) is 0 Å². The lowest BCUT2D eigenvalue weighted by Crippen LogP contribution is -2.48. The van der Waals surface area contributed by atoms with Gasteiger partial charge in [-0.3, -0.25) is 0 Å². The van der Waals surface area contributed by atoms with Gasteiger partial charge in [-0.25, -0.2) is 4.79 Å². The zero-order valence-electron chi connectivity index (χ0n) is 13.1. The number of urea groups is 1. The molecule has 0 aliphatic carbocycles. The third kappa shape index (κ3) is 5.00. The molecular weight excluding hydrogens is 280 g/mol. The number of rotatable bonds is 5. The lowest BCUT2D eigenvalue weighted by Gasteiger charge is -2.31. The van der Waals surface area contributed by atoms with Crippen molar-refractivity contribution in [3.05, 3.63) is 35.9 Å². The number of carbonyl (C=O) groups is 1. The highest BCUT2D eigenvalue weighted by atomic mass is 16.3. The van der Waals surface area contributed by atoms with Crippen LogP contribution < -0.4 is 5.32 Å². The Balaban J connectivity index is 1.91. The Morgan fingerprint density at radius 2 is 2.14 bits per heavy atom. The summed E-state index contributed by atoms with van der Waals surface area (Å²) in [4.78, 5) is 13.9. The van der Waals surface area contributed by atoms with Crippen LogP contribution in [0.1, 0.15) is 37.7 Å². The number of hydrogen-bond acceptors (Lipinski definition) is 3. The molecule has 5 nitrogen and oxygen atoms in total. The van der Waals surface area contributed by atoms with Gasteiger partial charge in [0.25, 0.3) is 0 Å². The molecule has 0 bridgehead atoms. The monoisotopic (exact) mass is 306 g/mol. The van der Waals surface area contributed by atoms with E-state index in [0.717, 1.165) is 18.4 Å².